The van der Waals surface area contributed by atoms with E-state index in [9.17, 15) is 14.9 Å². The summed E-state index contributed by atoms with van der Waals surface area (Å²) in [6.45, 7) is 0. The van der Waals surface area contributed by atoms with Gasteiger partial charge in [0.15, 0.2) is 0 Å². The number of amides is 1. The molecular formula is C18H12N4O3. The molecule has 0 aliphatic carbocycles. The summed E-state index contributed by atoms with van der Waals surface area (Å²) in [6, 6.07) is 13.8. The predicted octanol–water partition coefficient (Wildman–Crippen LogP) is 3.48. The van der Waals surface area contributed by atoms with Gasteiger partial charge in [0.05, 0.1) is 22.4 Å². The average Bonchev–Trinajstić information content (AvgIpc) is 3.20. The number of nitro benzene ring substituents is 1. The number of nitrogens with zero attached hydrogens (tertiary/aromatic N) is 2. The Morgan fingerprint density at radius 1 is 1.04 bits per heavy atom. The number of carbonyl (C=O) groups is 1. The first-order valence-electron chi connectivity index (χ1n) is 7.55. The number of para-hydroxylation sites is 2. The molecule has 0 fully saturated rings. The molecule has 1 aromatic heterocycles. The van der Waals surface area contributed by atoms with Crippen molar-refractivity contribution in [3.8, 4) is 11.3 Å². The molecule has 1 amide bonds. The molecule has 0 saturated carbocycles. The highest BCUT2D eigenvalue weighted by atomic mass is 16.6. The van der Waals surface area contributed by atoms with Crippen molar-refractivity contribution in [3.63, 3.8) is 0 Å². The molecule has 0 atom stereocenters. The van der Waals surface area contributed by atoms with Gasteiger partial charge in [0.25, 0.3) is 11.6 Å². The van der Waals surface area contributed by atoms with E-state index in [1.807, 2.05) is 24.3 Å². The number of anilines is 1. The molecule has 4 rings (SSSR count). The zero-order valence-corrected chi connectivity index (χ0v) is 12.9. The first kappa shape index (κ1) is 14.8. The Balaban J connectivity index is 1.85. The van der Waals surface area contributed by atoms with Gasteiger partial charge in [-0.1, -0.05) is 30.3 Å². The van der Waals surface area contributed by atoms with Crippen molar-refractivity contribution in [2.24, 2.45) is 0 Å². The Morgan fingerprint density at radius 2 is 1.76 bits per heavy atom. The van der Waals surface area contributed by atoms with Crippen LogP contribution in [-0.2, 0) is 4.79 Å². The van der Waals surface area contributed by atoms with Gasteiger partial charge in [-0.05, 0) is 18.2 Å². The SMILES string of the molecule is O=C1Nc2ccccc2/C1=C\c1cn[nH]c1-c1ccccc1[N+](=O)[O-]. The second kappa shape index (κ2) is 5.72. The van der Waals surface area contributed by atoms with Crippen molar-refractivity contribution in [3.05, 3.63) is 76.0 Å². The summed E-state index contributed by atoms with van der Waals surface area (Å²) in [5.41, 5.74) is 3.54. The van der Waals surface area contributed by atoms with Crippen LogP contribution >= 0.6 is 0 Å². The minimum atomic E-state index is -0.440. The van der Waals surface area contributed by atoms with E-state index in [-0.39, 0.29) is 11.6 Å². The minimum Gasteiger partial charge on any atom is -0.321 e. The fourth-order valence-corrected chi connectivity index (χ4v) is 2.90. The van der Waals surface area contributed by atoms with Gasteiger partial charge in [0.2, 0.25) is 0 Å². The van der Waals surface area contributed by atoms with Gasteiger partial charge >= 0.3 is 0 Å². The van der Waals surface area contributed by atoms with Gasteiger partial charge in [-0.15, -0.1) is 0 Å². The standard InChI is InChI=1S/C18H12N4O3/c23-18-14(12-5-1-3-7-15(12)20-18)9-11-10-19-21-17(11)13-6-2-4-8-16(13)22(24)25/h1-10H,(H,19,21)(H,20,23)/b14-9+. The Labute approximate surface area is 142 Å². The number of rotatable bonds is 3. The van der Waals surface area contributed by atoms with Gasteiger partial charge in [0, 0.05) is 28.5 Å². The van der Waals surface area contributed by atoms with E-state index in [4.69, 9.17) is 0 Å². The number of H-pyrrole nitrogens is 1. The number of nitrogens with one attached hydrogen (secondary N) is 2. The number of aromatic nitrogens is 2. The number of nitro groups is 1. The van der Waals surface area contributed by atoms with Crippen molar-refractivity contribution in [1.29, 1.82) is 0 Å². The highest BCUT2D eigenvalue weighted by molar-refractivity contribution is 6.35. The molecule has 7 heteroatoms. The van der Waals surface area contributed by atoms with E-state index in [1.165, 1.54) is 6.07 Å². The van der Waals surface area contributed by atoms with Crippen molar-refractivity contribution >= 4 is 28.9 Å². The predicted molar refractivity (Wildman–Crippen MR) is 93.6 cm³/mol. The van der Waals surface area contributed by atoms with E-state index in [1.54, 1.807) is 30.5 Å². The molecule has 25 heavy (non-hydrogen) atoms. The molecule has 0 saturated heterocycles. The van der Waals surface area contributed by atoms with E-state index in [0.29, 0.717) is 22.4 Å². The number of fused-ring (bicyclic) bond motifs is 1. The fraction of sp³-hybridized carbons (Fsp3) is 0. The molecule has 1 aliphatic rings. The summed E-state index contributed by atoms with van der Waals surface area (Å²) in [5, 5.41) is 20.9. The van der Waals surface area contributed by atoms with Gasteiger partial charge < -0.3 is 5.32 Å². The molecule has 2 N–H and O–H groups in total. The molecule has 2 aromatic carbocycles. The Hall–Kier alpha value is -3.74. The van der Waals surface area contributed by atoms with Crippen LogP contribution in [-0.4, -0.2) is 21.0 Å². The smallest absolute Gasteiger partial charge is 0.278 e. The molecular weight excluding hydrogens is 320 g/mol. The molecule has 0 radical (unpaired) electrons. The number of hydrogen-bond acceptors (Lipinski definition) is 4. The molecule has 0 unspecified atom stereocenters. The first-order valence-corrected chi connectivity index (χ1v) is 7.55. The van der Waals surface area contributed by atoms with Crippen molar-refractivity contribution in [1.82, 2.24) is 10.2 Å². The van der Waals surface area contributed by atoms with E-state index in [0.717, 1.165) is 11.3 Å². The number of aromatic amines is 1. The van der Waals surface area contributed by atoms with E-state index in [2.05, 4.69) is 15.5 Å². The molecule has 2 heterocycles. The Bertz CT molecular complexity index is 1040. The third-order valence-corrected chi connectivity index (χ3v) is 4.05. The summed E-state index contributed by atoms with van der Waals surface area (Å²) in [6.07, 6.45) is 3.24. The van der Waals surface area contributed by atoms with Crippen molar-refractivity contribution in [2.75, 3.05) is 5.32 Å². The van der Waals surface area contributed by atoms with Crippen LogP contribution in [0.2, 0.25) is 0 Å². The second-order valence-electron chi connectivity index (χ2n) is 5.53. The van der Waals surface area contributed by atoms with Crippen LogP contribution in [0.1, 0.15) is 11.1 Å². The van der Waals surface area contributed by atoms with Crippen LogP contribution in [0.5, 0.6) is 0 Å². The van der Waals surface area contributed by atoms with E-state index >= 15 is 0 Å². The Morgan fingerprint density at radius 3 is 2.56 bits per heavy atom. The molecule has 1 aliphatic heterocycles. The summed E-state index contributed by atoms with van der Waals surface area (Å²) >= 11 is 0. The van der Waals surface area contributed by atoms with Crippen LogP contribution in [0.25, 0.3) is 22.9 Å². The van der Waals surface area contributed by atoms with Crippen LogP contribution in [0, 0.1) is 10.1 Å². The summed E-state index contributed by atoms with van der Waals surface area (Å²) < 4.78 is 0. The lowest BCUT2D eigenvalue weighted by Crippen LogP contribution is -2.03. The van der Waals surface area contributed by atoms with Gasteiger partial charge in [-0.25, -0.2) is 0 Å². The van der Waals surface area contributed by atoms with Gasteiger partial charge in [-0.2, -0.15) is 5.10 Å². The molecule has 0 spiro atoms. The maximum absolute atomic E-state index is 12.3. The lowest BCUT2D eigenvalue weighted by atomic mass is 10.0. The number of hydrogen-bond donors (Lipinski definition) is 2. The quantitative estimate of drug-likeness (QED) is 0.435. The van der Waals surface area contributed by atoms with Gasteiger partial charge in [-0.3, -0.25) is 20.0 Å². The highest BCUT2D eigenvalue weighted by Gasteiger charge is 2.25. The largest absolute Gasteiger partial charge is 0.321 e. The van der Waals surface area contributed by atoms with Crippen LogP contribution in [0.3, 0.4) is 0 Å². The van der Waals surface area contributed by atoms with Crippen molar-refractivity contribution < 1.29 is 9.72 Å². The summed E-state index contributed by atoms with van der Waals surface area (Å²) in [7, 11) is 0. The third-order valence-electron chi connectivity index (χ3n) is 4.05. The third kappa shape index (κ3) is 2.47. The molecule has 3 aromatic rings. The monoisotopic (exact) mass is 332 g/mol. The average molecular weight is 332 g/mol. The lowest BCUT2D eigenvalue weighted by Gasteiger charge is -2.02. The normalized spacial score (nSPS) is 14.4. The molecule has 7 nitrogen and oxygen atoms in total. The zero-order chi connectivity index (χ0) is 17.4. The van der Waals surface area contributed by atoms with E-state index < -0.39 is 4.92 Å². The van der Waals surface area contributed by atoms with Crippen molar-refractivity contribution in [2.45, 2.75) is 0 Å². The maximum Gasteiger partial charge on any atom is 0.278 e. The van der Waals surface area contributed by atoms with Crippen LogP contribution in [0.15, 0.2) is 54.7 Å². The van der Waals surface area contributed by atoms with Gasteiger partial charge in [0.1, 0.15) is 0 Å². The maximum atomic E-state index is 12.3. The Kier molecular flexibility index (Phi) is 3.39. The summed E-state index contributed by atoms with van der Waals surface area (Å²) in [5.74, 6) is -0.212. The number of benzene rings is 2. The van der Waals surface area contributed by atoms with Crippen LogP contribution < -0.4 is 5.32 Å². The lowest BCUT2D eigenvalue weighted by molar-refractivity contribution is -0.384. The molecule has 122 valence electrons. The molecule has 0 bridgehead atoms. The topological polar surface area (TPSA) is 101 Å². The first-order chi connectivity index (χ1) is 12.1. The second-order valence-corrected chi connectivity index (χ2v) is 5.53. The minimum absolute atomic E-state index is 0.0253. The number of carbonyl (C=O) groups excluding carboxylic acids is 1. The summed E-state index contributed by atoms with van der Waals surface area (Å²) in [4.78, 5) is 23.1. The zero-order valence-electron chi connectivity index (χ0n) is 12.9. The van der Waals surface area contributed by atoms with Crippen LogP contribution in [0.4, 0.5) is 11.4 Å². The fourth-order valence-electron chi connectivity index (χ4n) is 2.90. The highest BCUT2D eigenvalue weighted by Crippen LogP contribution is 2.36.